The lowest BCUT2D eigenvalue weighted by molar-refractivity contribution is -0.130. The molecule has 3 heterocycles. The second kappa shape index (κ2) is 7.84. The van der Waals surface area contributed by atoms with Gasteiger partial charge in [-0.05, 0) is 18.4 Å². The van der Waals surface area contributed by atoms with E-state index in [9.17, 15) is 4.79 Å². The third-order valence-electron chi connectivity index (χ3n) is 5.13. The van der Waals surface area contributed by atoms with Crippen LogP contribution in [0.3, 0.4) is 0 Å². The molecule has 140 valence electrons. The number of rotatable bonds is 6. The van der Waals surface area contributed by atoms with Gasteiger partial charge in [0.1, 0.15) is 5.52 Å². The normalized spacial score (nSPS) is 16.9. The lowest BCUT2D eigenvalue weighted by Gasteiger charge is -2.16. The van der Waals surface area contributed by atoms with E-state index in [1.54, 1.807) is 12.4 Å². The first-order valence-electron chi connectivity index (χ1n) is 9.45. The monoisotopic (exact) mass is 364 g/mol. The molecule has 1 fully saturated rings. The second-order valence-electron chi connectivity index (χ2n) is 6.94. The van der Waals surface area contributed by atoms with Gasteiger partial charge in [-0.25, -0.2) is 14.6 Å². The molecule has 0 aliphatic carbocycles. The van der Waals surface area contributed by atoms with Gasteiger partial charge in [0, 0.05) is 44.4 Å². The van der Waals surface area contributed by atoms with Crippen molar-refractivity contribution in [3.63, 3.8) is 0 Å². The number of nitrogens with zero attached hydrogens (tertiary/aromatic N) is 5. The van der Waals surface area contributed by atoms with Gasteiger partial charge in [-0.1, -0.05) is 30.3 Å². The smallest absolute Gasteiger partial charge is 0.222 e. The molecule has 3 aromatic rings. The Labute approximate surface area is 158 Å². The van der Waals surface area contributed by atoms with Crippen LogP contribution in [0.2, 0.25) is 0 Å². The van der Waals surface area contributed by atoms with Gasteiger partial charge in [0.15, 0.2) is 5.65 Å². The van der Waals surface area contributed by atoms with E-state index in [-0.39, 0.29) is 11.8 Å². The first kappa shape index (κ1) is 17.6. The molecule has 27 heavy (non-hydrogen) atoms. The molecule has 0 saturated carbocycles. The van der Waals surface area contributed by atoms with Gasteiger partial charge in [-0.2, -0.15) is 5.10 Å². The van der Waals surface area contributed by atoms with Crippen molar-refractivity contribution in [1.82, 2.24) is 24.6 Å². The van der Waals surface area contributed by atoms with Gasteiger partial charge < -0.3 is 10.6 Å². The average Bonchev–Trinajstić information content (AvgIpc) is 3.33. The van der Waals surface area contributed by atoms with Crippen molar-refractivity contribution in [2.75, 3.05) is 19.6 Å². The predicted octanol–water partition coefficient (Wildman–Crippen LogP) is 1.73. The Balaban J connectivity index is 1.45. The number of aryl methyl sites for hydroxylation is 1. The van der Waals surface area contributed by atoms with Crippen LogP contribution in [0.5, 0.6) is 0 Å². The standard InChI is InChI=1S/C20H24N6O/c21-9-13-26-20-19(22-10-11-23-20)18(24-26)16-8-12-25(14-16)17(27)7-6-15-4-2-1-3-5-15/h1-5,10-11,16H,6-9,12-14,21H2/t16-/m1/s1. The minimum Gasteiger partial charge on any atom is -0.342 e. The summed E-state index contributed by atoms with van der Waals surface area (Å²) in [6, 6.07) is 10.1. The third kappa shape index (κ3) is 3.68. The molecule has 4 rings (SSSR count). The fraction of sp³-hybridized carbons (Fsp3) is 0.400. The van der Waals surface area contributed by atoms with E-state index >= 15 is 0 Å². The quantitative estimate of drug-likeness (QED) is 0.719. The molecule has 7 heteroatoms. The Bertz CT molecular complexity index is 923. The highest BCUT2D eigenvalue weighted by Gasteiger charge is 2.31. The maximum atomic E-state index is 12.6. The van der Waals surface area contributed by atoms with Crippen molar-refractivity contribution in [2.24, 2.45) is 5.73 Å². The van der Waals surface area contributed by atoms with E-state index in [2.05, 4.69) is 22.1 Å². The van der Waals surface area contributed by atoms with Gasteiger partial charge in [-0.3, -0.25) is 4.79 Å². The minimum atomic E-state index is 0.198. The summed E-state index contributed by atoms with van der Waals surface area (Å²) in [5.74, 6) is 0.405. The number of fused-ring (bicyclic) bond motifs is 1. The molecule has 1 aliphatic rings. The molecule has 1 amide bonds. The van der Waals surface area contributed by atoms with Crippen LogP contribution in [-0.4, -0.2) is 50.2 Å². The first-order chi connectivity index (χ1) is 13.3. The van der Waals surface area contributed by atoms with Crippen LogP contribution in [0.4, 0.5) is 0 Å². The Morgan fingerprint density at radius 1 is 1.19 bits per heavy atom. The lowest BCUT2D eigenvalue weighted by atomic mass is 10.0. The molecule has 2 aromatic heterocycles. The van der Waals surface area contributed by atoms with E-state index in [1.807, 2.05) is 27.8 Å². The highest BCUT2D eigenvalue weighted by atomic mass is 16.2. The fourth-order valence-electron chi connectivity index (χ4n) is 3.74. The van der Waals surface area contributed by atoms with Gasteiger partial charge in [0.25, 0.3) is 0 Å². The van der Waals surface area contributed by atoms with Crippen LogP contribution in [0.15, 0.2) is 42.7 Å². The topological polar surface area (TPSA) is 89.9 Å². The predicted molar refractivity (Wildman–Crippen MR) is 103 cm³/mol. The number of hydrogen-bond acceptors (Lipinski definition) is 5. The molecule has 1 aromatic carbocycles. The van der Waals surface area contributed by atoms with Crippen LogP contribution in [-0.2, 0) is 17.8 Å². The molecule has 1 atom stereocenters. The second-order valence-corrected chi connectivity index (χ2v) is 6.94. The van der Waals surface area contributed by atoms with Gasteiger partial charge in [-0.15, -0.1) is 0 Å². The van der Waals surface area contributed by atoms with Gasteiger partial charge >= 0.3 is 0 Å². The van der Waals surface area contributed by atoms with Crippen LogP contribution in [0.1, 0.15) is 30.0 Å². The molecular weight excluding hydrogens is 340 g/mol. The SMILES string of the molecule is NCCn1nc([C@@H]2CCN(C(=O)CCc3ccccc3)C2)c2nccnc21. The van der Waals surface area contributed by atoms with Crippen molar-refractivity contribution in [1.29, 1.82) is 0 Å². The maximum Gasteiger partial charge on any atom is 0.222 e. The molecule has 7 nitrogen and oxygen atoms in total. The van der Waals surface area contributed by atoms with Crippen molar-refractivity contribution in [3.05, 3.63) is 54.0 Å². The largest absolute Gasteiger partial charge is 0.342 e. The molecule has 0 unspecified atom stereocenters. The zero-order valence-corrected chi connectivity index (χ0v) is 15.3. The maximum absolute atomic E-state index is 12.6. The highest BCUT2D eigenvalue weighted by Crippen LogP contribution is 2.30. The lowest BCUT2D eigenvalue weighted by Crippen LogP contribution is -2.28. The van der Waals surface area contributed by atoms with Crippen LogP contribution >= 0.6 is 0 Å². The van der Waals surface area contributed by atoms with Crippen LogP contribution < -0.4 is 5.73 Å². The van der Waals surface area contributed by atoms with E-state index in [0.29, 0.717) is 26.1 Å². The molecule has 2 N–H and O–H groups in total. The van der Waals surface area contributed by atoms with E-state index < -0.39 is 0 Å². The number of carbonyl (C=O) groups excluding carboxylic acids is 1. The number of amides is 1. The molecular formula is C20H24N6O. The zero-order chi connectivity index (χ0) is 18.6. The summed E-state index contributed by atoms with van der Waals surface area (Å²) < 4.78 is 1.83. The first-order valence-corrected chi connectivity index (χ1v) is 9.45. The van der Waals surface area contributed by atoms with Gasteiger partial charge in [0.05, 0.1) is 12.2 Å². The minimum absolute atomic E-state index is 0.198. The molecule has 1 saturated heterocycles. The van der Waals surface area contributed by atoms with Crippen molar-refractivity contribution >= 4 is 17.1 Å². The Kier molecular flexibility index (Phi) is 5.11. The van der Waals surface area contributed by atoms with Crippen molar-refractivity contribution in [2.45, 2.75) is 31.7 Å². The van der Waals surface area contributed by atoms with Crippen molar-refractivity contribution < 1.29 is 4.79 Å². The number of carbonyl (C=O) groups is 1. The summed E-state index contributed by atoms with van der Waals surface area (Å²) >= 11 is 0. The third-order valence-corrected chi connectivity index (χ3v) is 5.13. The summed E-state index contributed by atoms with van der Waals surface area (Å²) in [5, 5.41) is 4.72. The molecule has 0 bridgehead atoms. The fourth-order valence-corrected chi connectivity index (χ4v) is 3.74. The number of nitrogens with two attached hydrogens (primary N) is 1. The van der Waals surface area contributed by atoms with Gasteiger partial charge in [0.2, 0.25) is 5.91 Å². The van der Waals surface area contributed by atoms with E-state index in [4.69, 9.17) is 10.8 Å². The summed E-state index contributed by atoms with van der Waals surface area (Å²) in [5.41, 5.74) is 9.43. The molecule has 1 aliphatic heterocycles. The summed E-state index contributed by atoms with van der Waals surface area (Å²) in [4.78, 5) is 23.5. The Morgan fingerprint density at radius 2 is 2.00 bits per heavy atom. The Hall–Kier alpha value is -2.80. The number of aromatic nitrogens is 4. The zero-order valence-electron chi connectivity index (χ0n) is 15.3. The summed E-state index contributed by atoms with van der Waals surface area (Å²) in [7, 11) is 0. The number of benzene rings is 1. The molecule has 0 spiro atoms. The molecule has 0 radical (unpaired) electrons. The summed E-state index contributed by atoms with van der Waals surface area (Å²) in [6.45, 7) is 2.58. The number of hydrogen-bond donors (Lipinski definition) is 1. The van der Waals surface area contributed by atoms with Crippen LogP contribution in [0.25, 0.3) is 11.2 Å². The van der Waals surface area contributed by atoms with E-state index in [0.717, 1.165) is 36.2 Å². The highest BCUT2D eigenvalue weighted by molar-refractivity contribution is 5.78. The number of likely N-dealkylation sites (tertiary alicyclic amines) is 1. The Morgan fingerprint density at radius 3 is 2.81 bits per heavy atom. The van der Waals surface area contributed by atoms with Crippen LogP contribution in [0, 0.1) is 0 Å². The summed E-state index contributed by atoms with van der Waals surface area (Å²) in [6.07, 6.45) is 5.59. The average molecular weight is 364 g/mol. The van der Waals surface area contributed by atoms with E-state index in [1.165, 1.54) is 5.56 Å². The van der Waals surface area contributed by atoms with Crippen molar-refractivity contribution in [3.8, 4) is 0 Å².